The van der Waals surface area contributed by atoms with Crippen LogP contribution in [0.2, 0.25) is 0 Å². The van der Waals surface area contributed by atoms with Gasteiger partial charge >= 0.3 is 5.97 Å². The highest BCUT2D eigenvalue weighted by Crippen LogP contribution is 2.33. The fourth-order valence-corrected chi connectivity index (χ4v) is 3.81. The summed E-state index contributed by atoms with van der Waals surface area (Å²) >= 11 is 1.28. The molecule has 1 aromatic heterocycles. The zero-order valence-corrected chi connectivity index (χ0v) is 15.0. The van der Waals surface area contributed by atoms with Crippen LogP contribution >= 0.6 is 11.3 Å². The minimum atomic E-state index is -0.594. The lowest BCUT2D eigenvalue weighted by atomic mass is 10.1. The first-order valence-electron chi connectivity index (χ1n) is 7.91. The van der Waals surface area contributed by atoms with E-state index in [1.807, 2.05) is 0 Å². The number of nitro benzene ring substituents is 1. The van der Waals surface area contributed by atoms with Crippen molar-refractivity contribution in [2.24, 2.45) is 0 Å². The van der Waals surface area contributed by atoms with Gasteiger partial charge in [0.1, 0.15) is 16.7 Å². The van der Waals surface area contributed by atoms with Crippen LogP contribution in [0.25, 0.3) is 0 Å². The normalized spacial score (nSPS) is 16.6. The van der Waals surface area contributed by atoms with Crippen molar-refractivity contribution in [2.45, 2.75) is 19.4 Å². The molecule has 0 saturated carbocycles. The molecule has 1 aliphatic heterocycles. The number of thiophene rings is 1. The fourth-order valence-electron chi connectivity index (χ4n) is 2.89. The van der Waals surface area contributed by atoms with E-state index in [4.69, 9.17) is 4.74 Å². The van der Waals surface area contributed by atoms with E-state index in [0.29, 0.717) is 29.2 Å². The van der Waals surface area contributed by atoms with Gasteiger partial charge in [0, 0.05) is 12.6 Å². The number of methoxy groups -OCH3 is 1. The van der Waals surface area contributed by atoms with Crippen molar-refractivity contribution in [3.8, 4) is 0 Å². The number of benzene rings is 1. The van der Waals surface area contributed by atoms with Crippen molar-refractivity contribution >= 4 is 39.6 Å². The summed E-state index contributed by atoms with van der Waals surface area (Å²) in [6.07, 6.45) is 0.475. The SMILES string of the molecule is COC(=O)c1ccsc1N1CCC(Nc2ccc(C)cc2[N+](=O)[O-])C1=O. The first-order chi connectivity index (χ1) is 12.4. The zero-order valence-electron chi connectivity index (χ0n) is 14.2. The molecule has 0 radical (unpaired) electrons. The van der Waals surface area contributed by atoms with Gasteiger partial charge in [-0.3, -0.25) is 14.9 Å². The Labute approximate surface area is 153 Å². The molecule has 0 bridgehead atoms. The third kappa shape index (κ3) is 3.25. The summed E-state index contributed by atoms with van der Waals surface area (Å²) in [5.41, 5.74) is 1.35. The maximum absolute atomic E-state index is 12.8. The molecule has 2 aromatic rings. The number of rotatable bonds is 5. The summed E-state index contributed by atoms with van der Waals surface area (Å²) in [4.78, 5) is 36.9. The Bertz CT molecular complexity index is 879. The Morgan fingerprint density at radius 3 is 2.88 bits per heavy atom. The number of esters is 1. The van der Waals surface area contributed by atoms with E-state index < -0.39 is 16.9 Å². The van der Waals surface area contributed by atoms with Crippen molar-refractivity contribution in [2.75, 3.05) is 23.9 Å². The molecule has 1 fully saturated rings. The van der Waals surface area contributed by atoms with Crippen LogP contribution in [0, 0.1) is 17.0 Å². The minimum absolute atomic E-state index is 0.0670. The van der Waals surface area contributed by atoms with Gasteiger partial charge in [-0.15, -0.1) is 11.3 Å². The number of hydrogen-bond acceptors (Lipinski definition) is 7. The molecule has 3 rings (SSSR count). The topological polar surface area (TPSA) is 102 Å². The highest BCUT2D eigenvalue weighted by Gasteiger charge is 2.36. The van der Waals surface area contributed by atoms with Gasteiger partial charge in [-0.05, 0) is 36.4 Å². The van der Waals surface area contributed by atoms with Crippen molar-refractivity contribution in [1.82, 2.24) is 0 Å². The van der Waals surface area contributed by atoms with Crippen molar-refractivity contribution in [1.29, 1.82) is 0 Å². The summed E-state index contributed by atoms with van der Waals surface area (Å²) in [6, 6.07) is 5.85. The Morgan fingerprint density at radius 2 is 2.19 bits per heavy atom. The first-order valence-corrected chi connectivity index (χ1v) is 8.79. The molecule has 1 amide bonds. The maximum Gasteiger partial charge on any atom is 0.340 e. The lowest BCUT2D eigenvalue weighted by molar-refractivity contribution is -0.384. The molecule has 1 N–H and O–H groups in total. The quantitative estimate of drug-likeness (QED) is 0.490. The van der Waals surface area contributed by atoms with E-state index in [9.17, 15) is 19.7 Å². The first kappa shape index (κ1) is 17.9. The van der Waals surface area contributed by atoms with E-state index in [-0.39, 0.29) is 11.6 Å². The Balaban J connectivity index is 1.82. The average Bonchev–Trinajstić information content (AvgIpc) is 3.23. The van der Waals surface area contributed by atoms with Gasteiger partial charge < -0.3 is 15.0 Å². The third-order valence-electron chi connectivity index (χ3n) is 4.18. The monoisotopic (exact) mass is 375 g/mol. The average molecular weight is 375 g/mol. The van der Waals surface area contributed by atoms with E-state index in [2.05, 4.69) is 5.32 Å². The van der Waals surface area contributed by atoms with Gasteiger partial charge in [-0.2, -0.15) is 0 Å². The third-order valence-corrected chi connectivity index (χ3v) is 5.12. The molecule has 1 unspecified atom stereocenters. The van der Waals surface area contributed by atoms with E-state index in [1.54, 1.807) is 30.5 Å². The van der Waals surface area contributed by atoms with Crippen LogP contribution in [0.15, 0.2) is 29.6 Å². The summed E-state index contributed by atoms with van der Waals surface area (Å²) in [5.74, 6) is -0.730. The van der Waals surface area contributed by atoms with Gasteiger partial charge in [-0.1, -0.05) is 6.07 Å². The molecule has 8 nitrogen and oxygen atoms in total. The summed E-state index contributed by atoms with van der Waals surface area (Å²) < 4.78 is 4.75. The molecule has 2 heterocycles. The van der Waals surface area contributed by atoms with E-state index in [0.717, 1.165) is 5.56 Å². The second-order valence-electron chi connectivity index (χ2n) is 5.88. The molecule has 136 valence electrons. The van der Waals surface area contributed by atoms with E-state index in [1.165, 1.54) is 29.4 Å². The number of hydrogen-bond donors (Lipinski definition) is 1. The van der Waals surface area contributed by atoms with E-state index >= 15 is 0 Å². The second-order valence-corrected chi connectivity index (χ2v) is 6.78. The van der Waals surface area contributed by atoms with Crippen LogP contribution < -0.4 is 10.2 Å². The molecular formula is C17H17N3O5S. The fraction of sp³-hybridized carbons (Fsp3) is 0.294. The highest BCUT2D eigenvalue weighted by molar-refractivity contribution is 7.14. The van der Waals surface area contributed by atoms with Crippen molar-refractivity contribution in [3.63, 3.8) is 0 Å². The van der Waals surface area contributed by atoms with Crippen LogP contribution in [0.4, 0.5) is 16.4 Å². The van der Waals surface area contributed by atoms with Gasteiger partial charge in [0.15, 0.2) is 0 Å². The largest absolute Gasteiger partial charge is 0.465 e. The number of nitrogens with one attached hydrogen (secondary N) is 1. The van der Waals surface area contributed by atoms with Crippen LogP contribution in [-0.2, 0) is 9.53 Å². The summed E-state index contributed by atoms with van der Waals surface area (Å²) in [6.45, 7) is 2.19. The molecule has 1 aliphatic rings. The second kappa shape index (κ2) is 7.12. The number of aryl methyl sites for hydroxylation is 1. The lowest BCUT2D eigenvalue weighted by Gasteiger charge is -2.17. The van der Waals surface area contributed by atoms with Crippen molar-refractivity contribution < 1.29 is 19.2 Å². The number of nitro groups is 1. The Hall–Kier alpha value is -2.94. The van der Waals surface area contributed by atoms with Crippen LogP contribution in [0.3, 0.4) is 0 Å². The molecule has 0 spiro atoms. The number of carbonyl (C=O) groups is 2. The van der Waals surface area contributed by atoms with Gasteiger partial charge in [0.25, 0.3) is 5.69 Å². The molecule has 1 saturated heterocycles. The van der Waals surface area contributed by atoms with Crippen LogP contribution in [0.5, 0.6) is 0 Å². The van der Waals surface area contributed by atoms with Crippen LogP contribution in [0.1, 0.15) is 22.3 Å². The van der Waals surface area contributed by atoms with Gasteiger partial charge in [0.2, 0.25) is 5.91 Å². The molecule has 26 heavy (non-hydrogen) atoms. The Morgan fingerprint density at radius 1 is 1.42 bits per heavy atom. The molecular weight excluding hydrogens is 358 g/mol. The standard InChI is InChI=1S/C17H17N3O5S/c1-10-3-4-12(14(9-10)20(23)24)18-13-5-7-19(15(13)21)16-11(6-8-26-16)17(22)25-2/h3-4,6,8-9,13,18H,5,7H2,1-2H3. The molecule has 1 aromatic carbocycles. The zero-order chi connectivity index (χ0) is 18.8. The number of amides is 1. The summed E-state index contributed by atoms with van der Waals surface area (Å²) in [5, 5.41) is 16.5. The number of ether oxygens (including phenoxy) is 1. The number of carbonyl (C=O) groups excluding carboxylic acids is 2. The van der Waals surface area contributed by atoms with Crippen LogP contribution in [-0.4, -0.2) is 36.5 Å². The lowest BCUT2D eigenvalue weighted by Crippen LogP contribution is -2.33. The highest BCUT2D eigenvalue weighted by atomic mass is 32.1. The predicted octanol–water partition coefficient (Wildman–Crippen LogP) is 2.97. The minimum Gasteiger partial charge on any atom is -0.465 e. The van der Waals surface area contributed by atoms with Gasteiger partial charge in [0.05, 0.1) is 17.6 Å². The molecule has 9 heteroatoms. The van der Waals surface area contributed by atoms with Crippen molar-refractivity contribution in [3.05, 3.63) is 50.9 Å². The summed E-state index contributed by atoms with van der Waals surface area (Å²) in [7, 11) is 1.29. The number of anilines is 2. The predicted molar refractivity (Wildman–Crippen MR) is 97.9 cm³/mol. The smallest absolute Gasteiger partial charge is 0.340 e. The molecule has 1 atom stereocenters. The number of nitrogens with zero attached hydrogens (tertiary/aromatic N) is 2. The molecule has 0 aliphatic carbocycles. The van der Waals surface area contributed by atoms with Gasteiger partial charge in [-0.25, -0.2) is 4.79 Å². The Kier molecular flexibility index (Phi) is 4.90. The maximum atomic E-state index is 12.8.